The molecule has 1 aromatic heterocycles. The minimum atomic E-state index is -0.676. The van der Waals surface area contributed by atoms with Crippen LogP contribution in [0.1, 0.15) is 57.9 Å². The Hall–Kier alpha value is -3.43. The van der Waals surface area contributed by atoms with Gasteiger partial charge in [0.2, 0.25) is 0 Å². The lowest BCUT2D eigenvalue weighted by molar-refractivity contribution is 0.00578. The van der Waals surface area contributed by atoms with E-state index in [2.05, 4.69) is 5.32 Å². The Morgan fingerprint density at radius 2 is 1.49 bits per heavy atom. The maximum Gasteiger partial charge on any atom is 0.494 e. The summed E-state index contributed by atoms with van der Waals surface area (Å²) in [5, 5.41) is 2.76. The van der Waals surface area contributed by atoms with Crippen molar-refractivity contribution in [1.82, 2.24) is 9.13 Å². The Labute approximate surface area is 204 Å². The van der Waals surface area contributed by atoms with Crippen LogP contribution in [0.4, 0.5) is 5.69 Å². The molecule has 1 amide bonds. The molecule has 8 nitrogen and oxygen atoms in total. The predicted octanol–water partition coefficient (Wildman–Crippen LogP) is 3.13. The van der Waals surface area contributed by atoms with Gasteiger partial charge in [0.05, 0.1) is 16.9 Å². The van der Waals surface area contributed by atoms with Crippen LogP contribution in [0.2, 0.25) is 0 Å². The number of amides is 1. The largest absolute Gasteiger partial charge is 0.494 e. The summed E-state index contributed by atoms with van der Waals surface area (Å²) in [6, 6.07) is 15.4. The molecule has 4 rings (SSSR count). The molecule has 182 valence electrons. The summed E-state index contributed by atoms with van der Waals surface area (Å²) >= 11 is 0. The van der Waals surface area contributed by atoms with E-state index >= 15 is 0 Å². The van der Waals surface area contributed by atoms with Crippen LogP contribution in [0.25, 0.3) is 5.69 Å². The highest BCUT2D eigenvalue weighted by Gasteiger charge is 2.51. The monoisotopic (exact) mass is 475 g/mol. The van der Waals surface area contributed by atoms with Crippen LogP contribution in [0.3, 0.4) is 0 Å². The summed E-state index contributed by atoms with van der Waals surface area (Å²) in [5.41, 5.74) is -0.491. The number of hydrogen-bond acceptors (Lipinski definition) is 5. The maximum absolute atomic E-state index is 13.2. The zero-order chi connectivity index (χ0) is 25.5. The fourth-order valence-electron chi connectivity index (χ4n) is 3.80. The Kier molecular flexibility index (Phi) is 6.33. The minimum Gasteiger partial charge on any atom is -0.399 e. The topological polar surface area (TPSA) is 91.6 Å². The van der Waals surface area contributed by atoms with Crippen molar-refractivity contribution in [2.24, 2.45) is 0 Å². The summed E-state index contributed by atoms with van der Waals surface area (Å²) in [6.07, 6.45) is 1.32. The Morgan fingerprint density at radius 3 is 2.03 bits per heavy atom. The molecule has 1 aliphatic rings. The average Bonchev–Trinajstić information content (AvgIpc) is 3.01. The molecule has 2 aromatic carbocycles. The van der Waals surface area contributed by atoms with Gasteiger partial charge < -0.3 is 14.6 Å². The van der Waals surface area contributed by atoms with Gasteiger partial charge in [0, 0.05) is 17.9 Å². The maximum atomic E-state index is 13.2. The van der Waals surface area contributed by atoms with E-state index < -0.39 is 35.5 Å². The molecule has 1 N–H and O–H groups in total. The highest BCUT2D eigenvalue weighted by Crippen LogP contribution is 2.36. The van der Waals surface area contributed by atoms with Gasteiger partial charge in [-0.05, 0) is 71.3 Å². The van der Waals surface area contributed by atoms with Crippen LogP contribution in [0.5, 0.6) is 0 Å². The number of carbonyl (C=O) groups is 1. The SMILES string of the molecule is CC(C)n1cc(C(=O)Nc2ccc(B3OC(C)(C)C(C)(C)O3)cc2)c(=O)n(-c2ccccc2)c1=O. The molecular formula is C26H30BN3O5. The van der Waals surface area contributed by atoms with Crippen LogP contribution in [0, 0.1) is 0 Å². The number of para-hydroxylation sites is 1. The lowest BCUT2D eigenvalue weighted by Gasteiger charge is -2.32. The number of benzene rings is 2. The van der Waals surface area contributed by atoms with Gasteiger partial charge in [-0.3, -0.25) is 14.2 Å². The highest BCUT2D eigenvalue weighted by molar-refractivity contribution is 6.62. The molecule has 0 spiro atoms. The first-order valence-corrected chi connectivity index (χ1v) is 11.6. The molecule has 0 radical (unpaired) electrons. The van der Waals surface area contributed by atoms with Crippen molar-refractivity contribution in [2.75, 3.05) is 5.32 Å². The Morgan fingerprint density at radius 1 is 0.914 bits per heavy atom. The van der Waals surface area contributed by atoms with E-state index in [0.29, 0.717) is 11.4 Å². The Balaban J connectivity index is 1.63. The summed E-state index contributed by atoms with van der Waals surface area (Å²) in [5.74, 6) is -0.600. The molecule has 2 heterocycles. The van der Waals surface area contributed by atoms with Crippen molar-refractivity contribution in [3.8, 4) is 5.69 Å². The fraction of sp³-hybridized carbons (Fsp3) is 0.346. The van der Waals surface area contributed by atoms with Crippen LogP contribution >= 0.6 is 0 Å². The first-order valence-electron chi connectivity index (χ1n) is 11.6. The van der Waals surface area contributed by atoms with Gasteiger partial charge in [0.1, 0.15) is 5.56 Å². The summed E-state index contributed by atoms with van der Waals surface area (Å²) in [4.78, 5) is 39.3. The zero-order valence-electron chi connectivity index (χ0n) is 20.9. The normalized spacial score (nSPS) is 16.5. The molecule has 1 saturated heterocycles. The standard InChI is InChI=1S/C26H30BN3O5/c1-17(2)29-16-21(23(32)30(24(29)33)20-10-8-7-9-11-20)22(31)28-19-14-12-18(13-15-19)27-34-25(3,4)26(5,6)35-27/h7-17H,1-6H3,(H,28,31). The van der Waals surface area contributed by atoms with Gasteiger partial charge in [-0.25, -0.2) is 9.36 Å². The van der Waals surface area contributed by atoms with Crippen molar-refractivity contribution in [1.29, 1.82) is 0 Å². The summed E-state index contributed by atoms with van der Waals surface area (Å²) < 4.78 is 14.5. The van der Waals surface area contributed by atoms with Crippen LogP contribution in [-0.4, -0.2) is 33.4 Å². The second-order valence-electron chi connectivity index (χ2n) is 9.97. The number of carbonyl (C=O) groups excluding carboxylic acids is 1. The van der Waals surface area contributed by atoms with Crippen molar-refractivity contribution < 1.29 is 14.1 Å². The molecule has 0 unspecified atom stereocenters. The molecule has 0 bridgehead atoms. The Bertz CT molecular complexity index is 1340. The smallest absolute Gasteiger partial charge is 0.399 e. The van der Waals surface area contributed by atoms with E-state index in [9.17, 15) is 14.4 Å². The van der Waals surface area contributed by atoms with Gasteiger partial charge in [0.15, 0.2) is 0 Å². The number of nitrogens with one attached hydrogen (secondary N) is 1. The van der Waals surface area contributed by atoms with Crippen LogP contribution in [0.15, 0.2) is 70.4 Å². The van der Waals surface area contributed by atoms with Gasteiger partial charge >= 0.3 is 12.8 Å². The minimum absolute atomic E-state index is 0.128. The number of hydrogen-bond donors (Lipinski definition) is 1. The van der Waals surface area contributed by atoms with Crippen LogP contribution < -0.4 is 22.0 Å². The van der Waals surface area contributed by atoms with E-state index in [-0.39, 0.29) is 11.6 Å². The molecule has 9 heteroatoms. The van der Waals surface area contributed by atoms with Gasteiger partial charge in [-0.1, -0.05) is 30.3 Å². The van der Waals surface area contributed by atoms with Crippen LogP contribution in [-0.2, 0) is 9.31 Å². The van der Waals surface area contributed by atoms with Gasteiger partial charge in [0.25, 0.3) is 11.5 Å². The molecule has 0 aliphatic carbocycles. The molecule has 0 saturated carbocycles. The molecule has 0 atom stereocenters. The third kappa shape index (κ3) is 4.61. The molecule has 1 aliphatic heterocycles. The first-order chi connectivity index (χ1) is 16.4. The highest BCUT2D eigenvalue weighted by atomic mass is 16.7. The number of nitrogens with zero attached hydrogens (tertiary/aromatic N) is 2. The molecule has 1 fully saturated rings. The van der Waals surface area contributed by atoms with E-state index in [1.165, 1.54) is 10.8 Å². The van der Waals surface area contributed by atoms with E-state index in [1.54, 1.807) is 42.5 Å². The number of aromatic nitrogens is 2. The quantitative estimate of drug-likeness (QED) is 0.573. The second kappa shape index (κ2) is 8.98. The summed E-state index contributed by atoms with van der Waals surface area (Å²) in [6.45, 7) is 11.6. The molecule has 35 heavy (non-hydrogen) atoms. The van der Waals surface area contributed by atoms with Gasteiger partial charge in [-0.2, -0.15) is 0 Å². The third-order valence-electron chi connectivity index (χ3n) is 6.62. The molecule has 3 aromatic rings. The van der Waals surface area contributed by atoms with Crippen molar-refractivity contribution in [3.05, 3.63) is 87.2 Å². The van der Waals surface area contributed by atoms with E-state index in [0.717, 1.165) is 10.0 Å². The average molecular weight is 475 g/mol. The lowest BCUT2D eigenvalue weighted by atomic mass is 9.79. The zero-order valence-corrected chi connectivity index (χ0v) is 20.9. The number of rotatable bonds is 5. The predicted molar refractivity (Wildman–Crippen MR) is 137 cm³/mol. The van der Waals surface area contributed by atoms with E-state index in [1.807, 2.05) is 53.7 Å². The first kappa shape index (κ1) is 24.7. The summed E-state index contributed by atoms with van der Waals surface area (Å²) in [7, 11) is -0.516. The lowest BCUT2D eigenvalue weighted by Crippen LogP contribution is -2.42. The fourth-order valence-corrected chi connectivity index (χ4v) is 3.80. The number of anilines is 1. The van der Waals surface area contributed by atoms with Crippen molar-refractivity contribution in [2.45, 2.75) is 58.8 Å². The van der Waals surface area contributed by atoms with Crippen molar-refractivity contribution in [3.63, 3.8) is 0 Å². The van der Waals surface area contributed by atoms with Crippen molar-refractivity contribution >= 4 is 24.2 Å². The second-order valence-corrected chi connectivity index (χ2v) is 9.97. The molecular weight excluding hydrogens is 445 g/mol. The third-order valence-corrected chi connectivity index (χ3v) is 6.62. The van der Waals surface area contributed by atoms with Gasteiger partial charge in [-0.15, -0.1) is 0 Å². The van der Waals surface area contributed by atoms with E-state index in [4.69, 9.17) is 9.31 Å².